The van der Waals surface area contributed by atoms with Crippen molar-refractivity contribution in [2.75, 3.05) is 11.4 Å². The Bertz CT molecular complexity index is 1040. The summed E-state index contributed by atoms with van der Waals surface area (Å²) >= 11 is 1.47. The zero-order valence-electron chi connectivity index (χ0n) is 15.5. The van der Waals surface area contributed by atoms with Gasteiger partial charge in [-0.15, -0.1) is 11.3 Å². The van der Waals surface area contributed by atoms with E-state index in [9.17, 15) is 4.79 Å². The second-order valence-electron chi connectivity index (χ2n) is 6.55. The Kier molecular flexibility index (Phi) is 5.35. The third kappa shape index (κ3) is 4.05. The predicted octanol–water partition coefficient (Wildman–Crippen LogP) is 5.60. The van der Waals surface area contributed by atoms with E-state index in [1.54, 1.807) is 17.0 Å². The van der Waals surface area contributed by atoms with Crippen LogP contribution in [0.5, 0.6) is 0 Å². The lowest BCUT2D eigenvalue weighted by atomic mass is 10.1. The number of thiazole rings is 1. The molecule has 0 spiro atoms. The van der Waals surface area contributed by atoms with E-state index in [2.05, 4.69) is 43.3 Å². The largest absolute Gasteiger partial charge is 0.459 e. The SMILES string of the molecule is Cc1ccc(-c2csc(N(CCc3ccccc3)C(=O)c3ccco3)n2)cc1. The van der Waals surface area contributed by atoms with E-state index in [0.29, 0.717) is 17.4 Å². The number of hydrogen-bond acceptors (Lipinski definition) is 4. The molecule has 2 heterocycles. The van der Waals surface area contributed by atoms with Gasteiger partial charge >= 0.3 is 0 Å². The van der Waals surface area contributed by atoms with Crippen molar-refractivity contribution < 1.29 is 9.21 Å². The fourth-order valence-electron chi connectivity index (χ4n) is 2.95. The molecule has 4 rings (SSSR count). The minimum atomic E-state index is -0.175. The lowest BCUT2D eigenvalue weighted by Gasteiger charge is -2.18. The van der Waals surface area contributed by atoms with Gasteiger partial charge in [0.25, 0.3) is 5.91 Å². The van der Waals surface area contributed by atoms with Gasteiger partial charge in [0, 0.05) is 17.5 Å². The Hall–Kier alpha value is -3.18. The molecule has 0 radical (unpaired) electrons. The minimum absolute atomic E-state index is 0.175. The van der Waals surface area contributed by atoms with Gasteiger partial charge in [-0.05, 0) is 31.0 Å². The molecule has 28 heavy (non-hydrogen) atoms. The molecule has 2 aromatic carbocycles. The highest BCUT2D eigenvalue weighted by Crippen LogP contribution is 2.29. The lowest BCUT2D eigenvalue weighted by molar-refractivity contribution is 0.0960. The Labute approximate surface area is 168 Å². The summed E-state index contributed by atoms with van der Waals surface area (Å²) in [4.78, 5) is 19.5. The van der Waals surface area contributed by atoms with Crippen LogP contribution in [-0.2, 0) is 6.42 Å². The molecule has 1 amide bonds. The predicted molar refractivity (Wildman–Crippen MR) is 113 cm³/mol. The molecule has 0 saturated carbocycles. The van der Waals surface area contributed by atoms with E-state index in [1.165, 1.54) is 28.7 Å². The maximum absolute atomic E-state index is 13.0. The third-order valence-electron chi connectivity index (χ3n) is 4.51. The Balaban J connectivity index is 1.61. The molecule has 0 aliphatic rings. The number of carbonyl (C=O) groups is 1. The van der Waals surface area contributed by atoms with Crippen LogP contribution in [0.25, 0.3) is 11.3 Å². The zero-order valence-corrected chi connectivity index (χ0v) is 16.4. The average molecular weight is 388 g/mol. The van der Waals surface area contributed by atoms with Gasteiger partial charge in [0.2, 0.25) is 0 Å². The normalized spacial score (nSPS) is 10.8. The van der Waals surface area contributed by atoms with Crippen molar-refractivity contribution in [3.05, 3.63) is 95.3 Å². The fourth-order valence-corrected chi connectivity index (χ4v) is 3.81. The van der Waals surface area contributed by atoms with Gasteiger partial charge < -0.3 is 4.42 Å². The van der Waals surface area contributed by atoms with Gasteiger partial charge in [-0.3, -0.25) is 9.69 Å². The first-order valence-electron chi connectivity index (χ1n) is 9.12. The summed E-state index contributed by atoms with van der Waals surface area (Å²) in [5, 5.41) is 2.66. The number of amides is 1. The van der Waals surface area contributed by atoms with Crippen molar-refractivity contribution >= 4 is 22.4 Å². The third-order valence-corrected chi connectivity index (χ3v) is 5.38. The molecule has 0 aliphatic carbocycles. The highest BCUT2D eigenvalue weighted by Gasteiger charge is 2.23. The van der Waals surface area contributed by atoms with Gasteiger partial charge in [0.05, 0.1) is 12.0 Å². The van der Waals surface area contributed by atoms with Crippen LogP contribution in [0.4, 0.5) is 5.13 Å². The summed E-state index contributed by atoms with van der Waals surface area (Å²) in [6.07, 6.45) is 2.26. The van der Waals surface area contributed by atoms with E-state index in [1.807, 2.05) is 23.6 Å². The summed E-state index contributed by atoms with van der Waals surface area (Å²) in [6, 6.07) is 21.8. The van der Waals surface area contributed by atoms with Crippen LogP contribution in [0.15, 0.2) is 82.8 Å². The van der Waals surface area contributed by atoms with Crippen LogP contribution >= 0.6 is 11.3 Å². The molecular formula is C23H20N2O2S. The van der Waals surface area contributed by atoms with Crippen LogP contribution in [0.2, 0.25) is 0 Å². The molecule has 0 bridgehead atoms. The zero-order chi connectivity index (χ0) is 19.3. The smallest absolute Gasteiger partial charge is 0.295 e. The number of hydrogen-bond donors (Lipinski definition) is 0. The van der Waals surface area contributed by atoms with E-state index in [0.717, 1.165) is 17.7 Å². The molecule has 0 fully saturated rings. The quantitative estimate of drug-likeness (QED) is 0.432. The molecular weight excluding hydrogens is 368 g/mol. The van der Waals surface area contributed by atoms with Crippen LogP contribution < -0.4 is 4.90 Å². The average Bonchev–Trinajstić information content (AvgIpc) is 3.42. The van der Waals surface area contributed by atoms with Crippen LogP contribution in [-0.4, -0.2) is 17.4 Å². The Morgan fingerprint density at radius 3 is 2.54 bits per heavy atom. The molecule has 0 aliphatic heterocycles. The Morgan fingerprint density at radius 1 is 1.04 bits per heavy atom. The number of rotatable bonds is 6. The Morgan fingerprint density at radius 2 is 1.82 bits per heavy atom. The molecule has 0 saturated heterocycles. The number of anilines is 1. The number of nitrogens with zero attached hydrogens (tertiary/aromatic N) is 2. The van der Waals surface area contributed by atoms with E-state index < -0.39 is 0 Å². The first-order chi connectivity index (χ1) is 13.7. The summed E-state index contributed by atoms with van der Waals surface area (Å²) in [7, 11) is 0. The standard InChI is InChI=1S/C23H20N2O2S/c1-17-9-11-19(12-10-17)20-16-28-23(24-20)25(22(26)21-8-5-15-27-21)14-13-18-6-3-2-4-7-18/h2-12,15-16H,13-14H2,1H3. The highest BCUT2D eigenvalue weighted by atomic mass is 32.1. The van der Waals surface area contributed by atoms with Crippen LogP contribution in [0.1, 0.15) is 21.7 Å². The molecule has 4 nitrogen and oxygen atoms in total. The van der Waals surface area contributed by atoms with Crippen LogP contribution in [0.3, 0.4) is 0 Å². The molecule has 2 aromatic heterocycles. The minimum Gasteiger partial charge on any atom is -0.459 e. The summed E-state index contributed by atoms with van der Waals surface area (Å²) < 4.78 is 5.34. The number of carbonyl (C=O) groups excluding carboxylic acids is 1. The summed E-state index contributed by atoms with van der Waals surface area (Å²) in [5.41, 5.74) is 4.30. The lowest BCUT2D eigenvalue weighted by Crippen LogP contribution is -2.32. The summed E-state index contributed by atoms with van der Waals surface area (Å²) in [5.74, 6) is 0.144. The van der Waals surface area contributed by atoms with Crippen molar-refractivity contribution in [2.24, 2.45) is 0 Å². The highest BCUT2D eigenvalue weighted by molar-refractivity contribution is 7.14. The monoisotopic (exact) mass is 388 g/mol. The number of aryl methyl sites for hydroxylation is 1. The van der Waals surface area contributed by atoms with E-state index in [4.69, 9.17) is 9.40 Å². The van der Waals surface area contributed by atoms with Gasteiger partial charge in [0.1, 0.15) is 0 Å². The number of aromatic nitrogens is 1. The maximum atomic E-state index is 13.0. The van der Waals surface area contributed by atoms with Crippen molar-refractivity contribution in [1.82, 2.24) is 4.98 Å². The summed E-state index contributed by atoms with van der Waals surface area (Å²) in [6.45, 7) is 2.59. The molecule has 5 heteroatoms. The maximum Gasteiger partial charge on any atom is 0.295 e. The topological polar surface area (TPSA) is 46.3 Å². The first kappa shape index (κ1) is 18.2. The van der Waals surface area contributed by atoms with Crippen molar-refractivity contribution in [1.29, 1.82) is 0 Å². The van der Waals surface area contributed by atoms with E-state index in [-0.39, 0.29) is 5.91 Å². The molecule has 0 atom stereocenters. The number of furan rings is 1. The van der Waals surface area contributed by atoms with Gasteiger partial charge in [-0.2, -0.15) is 0 Å². The molecule has 0 unspecified atom stereocenters. The second kappa shape index (κ2) is 8.23. The van der Waals surface area contributed by atoms with Crippen LogP contribution in [0, 0.1) is 6.92 Å². The van der Waals surface area contributed by atoms with Crippen molar-refractivity contribution in [2.45, 2.75) is 13.3 Å². The van der Waals surface area contributed by atoms with Gasteiger partial charge in [0.15, 0.2) is 10.9 Å². The first-order valence-corrected chi connectivity index (χ1v) is 10.0. The van der Waals surface area contributed by atoms with Gasteiger partial charge in [-0.25, -0.2) is 4.98 Å². The van der Waals surface area contributed by atoms with E-state index >= 15 is 0 Å². The van der Waals surface area contributed by atoms with Crippen molar-refractivity contribution in [3.63, 3.8) is 0 Å². The van der Waals surface area contributed by atoms with Gasteiger partial charge in [-0.1, -0.05) is 60.2 Å². The molecule has 0 N–H and O–H groups in total. The number of benzene rings is 2. The fraction of sp³-hybridized carbons (Fsp3) is 0.130. The molecule has 140 valence electrons. The second-order valence-corrected chi connectivity index (χ2v) is 7.39. The molecule has 4 aromatic rings. The van der Waals surface area contributed by atoms with Crippen molar-refractivity contribution in [3.8, 4) is 11.3 Å².